The molecular weight excluding hydrogens is 354 g/mol. The number of urea groups is 1. The normalized spacial score (nSPS) is 10.6. The van der Waals surface area contributed by atoms with Gasteiger partial charge in [-0.1, -0.05) is 30.3 Å². The smallest absolute Gasteiger partial charge is 0.323 e. The number of anilines is 3. The summed E-state index contributed by atoms with van der Waals surface area (Å²) in [5.74, 6) is 1.09. The van der Waals surface area contributed by atoms with E-state index in [4.69, 9.17) is 10.5 Å². The fraction of sp³-hybridized carbons (Fsp3) is 0.0476. The van der Waals surface area contributed by atoms with Gasteiger partial charge in [-0.2, -0.15) is 5.10 Å². The summed E-state index contributed by atoms with van der Waals surface area (Å²) in [5.41, 5.74) is 10.1. The average molecular weight is 373 g/mol. The van der Waals surface area contributed by atoms with Gasteiger partial charge in [-0.25, -0.2) is 4.79 Å². The SMILES string of the molecule is COc1ccc(-c2ccc(NC(=O)Nc3ccccc3)cc2)c2c(N)n[nH]c12. The van der Waals surface area contributed by atoms with Crippen molar-refractivity contribution >= 4 is 34.1 Å². The van der Waals surface area contributed by atoms with Crippen molar-refractivity contribution in [2.24, 2.45) is 0 Å². The van der Waals surface area contributed by atoms with Crippen LogP contribution in [0.5, 0.6) is 5.75 Å². The molecule has 2 amide bonds. The Morgan fingerprint density at radius 3 is 2.32 bits per heavy atom. The Labute approximate surface area is 161 Å². The molecule has 4 aromatic rings. The number of aromatic nitrogens is 2. The number of para-hydroxylation sites is 1. The number of carbonyl (C=O) groups is 1. The quantitative estimate of drug-likeness (QED) is 0.424. The highest BCUT2D eigenvalue weighted by molar-refractivity contribution is 6.04. The highest BCUT2D eigenvalue weighted by Gasteiger charge is 2.14. The van der Waals surface area contributed by atoms with Crippen LogP contribution >= 0.6 is 0 Å². The Morgan fingerprint density at radius 1 is 0.964 bits per heavy atom. The van der Waals surface area contributed by atoms with Gasteiger partial charge in [0.05, 0.1) is 12.5 Å². The Morgan fingerprint density at radius 2 is 1.64 bits per heavy atom. The average Bonchev–Trinajstić information content (AvgIpc) is 3.11. The van der Waals surface area contributed by atoms with Crippen molar-refractivity contribution in [1.29, 1.82) is 0 Å². The molecule has 140 valence electrons. The van der Waals surface area contributed by atoms with Crippen molar-refractivity contribution < 1.29 is 9.53 Å². The summed E-state index contributed by atoms with van der Waals surface area (Å²) in [7, 11) is 1.60. The summed E-state index contributed by atoms with van der Waals surface area (Å²) < 4.78 is 5.36. The molecule has 0 atom stereocenters. The lowest BCUT2D eigenvalue weighted by atomic mass is 10.0. The number of ether oxygens (including phenoxy) is 1. The highest BCUT2D eigenvalue weighted by Crippen LogP contribution is 2.36. The fourth-order valence-corrected chi connectivity index (χ4v) is 3.09. The summed E-state index contributed by atoms with van der Waals surface area (Å²) in [5, 5.41) is 13.4. The molecule has 1 heterocycles. The third kappa shape index (κ3) is 3.33. The number of methoxy groups -OCH3 is 1. The predicted molar refractivity (Wildman–Crippen MR) is 112 cm³/mol. The van der Waals surface area contributed by atoms with Gasteiger partial charge in [-0.15, -0.1) is 0 Å². The number of nitrogens with two attached hydrogens (primary N) is 1. The molecule has 0 spiro atoms. The molecule has 28 heavy (non-hydrogen) atoms. The van der Waals surface area contributed by atoms with Crippen molar-refractivity contribution in [3.05, 3.63) is 66.7 Å². The van der Waals surface area contributed by atoms with Crippen LogP contribution in [0.1, 0.15) is 0 Å². The van der Waals surface area contributed by atoms with Crippen LogP contribution in [0.15, 0.2) is 66.7 Å². The summed E-state index contributed by atoms with van der Waals surface area (Å²) >= 11 is 0. The molecule has 0 aliphatic heterocycles. The van der Waals surface area contributed by atoms with E-state index in [1.165, 1.54) is 0 Å². The fourth-order valence-electron chi connectivity index (χ4n) is 3.09. The van der Waals surface area contributed by atoms with Gasteiger partial charge >= 0.3 is 6.03 Å². The number of rotatable bonds is 4. The molecule has 0 bridgehead atoms. The van der Waals surface area contributed by atoms with Crippen molar-refractivity contribution in [2.75, 3.05) is 23.5 Å². The van der Waals surface area contributed by atoms with Crippen LogP contribution in [0, 0.1) is 0 Å². The third-order valence-electron chi connectivity index (χ3n) is 4.42. The molecule has 0 aliphatic rings. The molecule has 4 rings (SSSR count). The Bertz CT molecular complexity index is 1120. The van der Waals surface area contributed by atoms with Gasteiger partial charge in [0.25, 0.3) is 0 Å². The molecule has 7 nitrogen and oxygen atoms in total. The molecule has 0 saturated heterocycles. The summed E-state index contributed by atoms with van der Waals surface area (Å²) in [4.78, 5) is 12.1. The number of aromatic amines is 1. The van der Waals surface area contributed by atoms with Gasteiger partial charge in [0.2, 0.25) is 0 Å². The number of hydrogen-bond donors (Lipinski definition) is 4. The first-order chi connectivity index (χ1) is 13.7. The summed E-state index contributed by atoms with van der Waals surface area (Å²) in [6, 6.07) is 20.3. The van der Waals surface area contributed by atoms with Crippen molar-refractivity contribution in [3.8, 4) is 16.9 Å². The maximum atomic E-state index is 12.1. The van der Waals surface area contributed by atoms with E-state index in [9.17, 15) is 4.79 Å². The molecule has 0 unspecified atom stereocenters. The van der Waals surface area contributed by atoms with E-state index < -0.39 is 0 Å². The van der Waals surface area contributed by atoms with Gasteiger partial charge in [-0.05, 0) is 47.5 Å². The second-order valence-corrected chi connectivity index (χ2v) is 6.20. The van der Waals surface area contributed by atoms with Crippen molar-refractivity contribution in [2.45, 2.75) is 0 Å². The number of H-pyrrole nitrogens is 1. The Hall–Kier alpha value is -4.00. The molecule has 0 saturated carbocycles. The number of nitrogen functional groups attached to an aromatic ring is 1. The van der Waals surface area contributed by atoms with E-state index in [0.717, 1.165) is 27.7 Å². The number of fused-ring (bicyclic) bond motifs is 1. The molecule has 3 aromatic carbocycles. The second kappa shape index (κ2) is 7.32. The minimum atomic E-state index is -0.301. The predicted octanol–water partition coefficient (Wildman–Crippen LogP) is 4.46. The molecule has 0 fully saturated rings. The van der Waals surface area contributed by atoms with Crippen LogP contribution < -0.4 is 21.1 Å². The van der Waals surface area contributed by atoms with E-state index in [2.05, 4.69) is 20.8 Å². The lowest BCUT2D eigenvalue weighted by Gasteiger charge is -2.10. The first-order valence-electron chi connectivity index (χ1n) is 8.70. The zero-order valence-corrected chi connectivity index (χ0v) is 15.2. The van der Waals surface area contributed by atoms with Crippen LogP contribution in [-0.2, 0) is 0 Å². The van der Waals surface area contributed by atoms with Crippen molar-refractivity contribution in [3.63, 3.8) is 0 Å². The summed E-state index contributed by atoms with van der Waals surface area (Å²) in [6.07, 6.45) is 0. The van der Waals surface area contributed by atoms with Gasteiger partial charge in [-0.3, -0.25) is 5.10 Å². The van der Waals surface area contributed by atoms with Gasteiger partial charge in [0.1, 0.15) is 11.3 Å². The molecule has 0 aliphatic carbocycles. The van der Waals surface area contributed by atoms with Gasteiger partial charge in [0, 0.05) is 11.4 Å². The molecule has 0 radical (unpaired) electrons. The minimum absolute atomic E-state index is 0.301. The topological polar surface area (TPSA) is 105 Å². The largest absolute Gasteiger partial charge is 0.494 e. The summed E-state index contributed by atoms with van der Waals surface area (Å²) in [6.45, 7) is 0. The number of nitrogens with one attached hydrogen (secondary N) is 3. The lowest BCUT2D eigenvalue weighted by molar-refractivity contribution is 0.262. The Balaban J connectivity index is 1.56. The maximum absolute atomic E-state index is 12.1. The Kier molecular flexibility index (Phi) is 4.55. The van der Waals surface area contributed by atoms with Crippen LogP contribution in [0.25, 0.3) is 22.0 Å². The van der Waals surface area contributed by atoms with Crippen LogP contribution in [0.2, 0.25) is 0 Å². The first kappa shape index (κ1) is 17.4. The van der Waals surface area contributed by atoms with Crippen LogP contribution in [-0.4, -0.2) is 23.3 Å². The molecule has 7 heteroatoms. The number of benzene rings is 3. The number of nitrogens with zero attached hydrogens (tertiary/aromatic N) is 1. The van der Waals surface area contributed by atoms with Crippen LogP contribution in [0.3, 0.4) is 0 Å². The number of carbonyl (C=O) groups excluding carboxylic acids is 1. The van der Waals surface area contributed by atoms with E-state index in [0.29, 0.717) is 17.3 Å². The van der Waals surface area contributed by atoms with Gasteiger partial charge in [0.15, 0.2) is 5.82 Å². The van der Waals surface area contributed by atoms with E-state index in [-0.39, 0.29) is 6.03 Å². The van der Waals surface area contributed by atoms with E-state index in [1.807, 2.05) is 66.7 Å². The van der Waals surface area contributed by atoms with Crippen molar-refractivity contribution in [1.82, 2.24) is 10.2 Å². The molecule has 5 N–H and O–H groups in total. The number of amides is 2. The van der Waals surface area contributed by atoms with Crippen LogP contribution in [0.4, 0.5) is 22.0 Å². The maximum Gasteiger partial charge on any atom is 0.323 e. The monoisotopic (exact) mass is 373 g/mol. The molecule has 1 aromatic heterocycles. The first-order valence-corrected chi connectivity index (χ1v) is 8.70. The minimum Gasteiger partial charge on any atom is -0.494 e. The second-order valence-electron chi connectivity index (χ2n) is 6.20. The van der Waals surface area contributed by atoms with E-state index in [1.54, 1.807) is 7.11 Å². The molecular formula is C21H19N5O2. The standard InChI is InChI=1S/C21H19N5O2/c1-28-17-12-11-16(18-19(17)25-26-20(18)22)13-7-9-15(10-8-13)24-21(27)23-14-5-3-2-4-6-14/h2-12H,1H3,(H3,22,25,26)(H2,23,24,27). The highest BCUT2D eigenvalue weighted by atomic mass is 16.5. The number of hydrogen-bond acceptors (Lipinski definition) is 4. The third-order valence-corrected chi connectivity index (χ3v) is 4.42. The van der Waals surface area contributed by atoms with E-state index >= 15 is 0 Å². The zero-order valence-electron chi connectivity index (χ0n) is 15.2. The zero-order chi connectivity index (χ0) is 19.5. The lowest BCUT2D eigenvalue weighted by Crippen LogP contribution is -2.19. The van der Waals surface area contributed by atoms with Gasteiger partial charge < -0.3 is 21.1 Å².